The van der Waals surface area contributed by atoms with Crippen LogP contribution in [-0.4, -0.2) is 55.0 Å². The van der Waals surface area contributed by atoms with Crippen LogP contribution in [0.2, 0.25) is 0 Å². The Bertz CT molecular complexity index is 561. The number of hydrogen-bond acceptors (Lipinski definition) is 3. The molecule has 0 radical (unpaired) electrons. The lowest BCUT2D eigenvalue weighted by molar-refractivity contribution is 0.0963. The van der Waals surface area contributed by atoms with Crippen molar-refractivity contribution in [3.8, 4) is 0 Å². The van der Waals surface area contributed by atoms with Gasteiger partial charge in [0.15, 0.2) is 5.96 Å². The minimum absolute atomic E-state index is 0.0601. The molecule has 1 aromatic rings. The number of aliphatic imine (C=N–C) groups is 1. The van der Waals surface area contributed by atoms with E-state index in [0.29, 0.717) is 17.4 Å². The van der Waals surface area contributed by atoms with E-state index < -0.39 is 0 Å². The Labute approximate surface area is 142 Å². The third kappa shape index (κ3) is 4.89. The molecule has 1 atom stereocenters. The van der Waals surface area contributed by atoms with Gasteiger partial charge in [-0.3, -0.25) is 9.79 Å². The van der Waals surface area contributed by atoms with Gasteiger partial charge in [0.25, 0.3) is 5.91 Å². The topological polar surface area (TPSA) is 56.7 Å². The summed E-state index contributed by atoms with van der Waals surface area (Å²) < 4.78 is 0. The first-order valence-corrected chi connectivity index (χ1v) is 9.11. The Morgan fingerprint density at radius 2 is 2.30 bits per heavy atom. The van der Waals surface area contributed by atoms with E-state index in [-0.39, 0.29) is 5.91 Å². The van der Waals surface area contributed by atoms with Gasteiger partial charge in [0, 0.05) is 50.3 Å². The lowest BCUT2D eigenvalue weighted by Gasteiger charge is -2.34. The van der Waals surface area contributed by atoms with Crippen LogP contribution in [0.4, 0.5) is 0 Å². The molecule has 1 aliphatic rings. The monoisotopic (exact) mass is 334 g/mol. The van der Waals surface area contributed by atoms with Crippen LogP contribution >= 0.6 is 11.8 Å². The van der Waals surface area contributed by atoms with Crippen molar-refractivity contribution in [1.29, 1.82) is 0 Å². The maximum absolute atomic E-state index is 11.7. The average Bonchev–Trinajstić information content (AvgIpc) is 2.62. The number of hydrogen-bond donors (Lipinski definition) is 2. The first kappa shape index (κ1) is 17.7. The van der Waals surface area contributed by atoms with Crippen molar-refractivity contribution in [2.24, 2.45) is 4.99 Å². The molecule has 1 amide bonds. The average molecular weight is 334 g/mol. The molecule has 5 nitrogen and oxygen atoms in total. The van der Waals surface area contributed by atoms with Crippen LogP contribution in [0.15, 0.2) is 29.3 Å². The molecule has 126 valence electrons. The normalized spacial score (nSPS) is 18.7. The molecule has 1 saturated heterocycles. The Morgan fingerprint density at radius 3 is 3.00 bits per heavy atom. The van der Waals surface area contributed by atoms with Crippen LogP contribution in [0.5, 0.6) is 0 Å². The highest BCUT2D eigenvalue weighted by Crippen LogP contribution is 2.21. The van der Waals surface area contributed by atoms with Gasteiger partial charge in [-0.15, -0.1) is 0 Å². The highest BCUT2D eigenvalue weighted by Gasteiger charge is 2.21. The second kappa shape index (κ2) is 8.82. The van der Waals surface area contributed by atoms with E-state index in [1.54, 1.807) is 7.05 Å². The summed E-state index contributed by atoms with van der Waals surface area (Å²) in [6, 6.07) is 7.67. The predicted molar refractivity (Wildman–Crippen MR) is 98.1 cm³/mol. The molecule has 1 heterocycles. The maximum atomic E-state index is 11.7. The van der Waals surface area contributed by atoms with E-state index in [4.69, 9.17) is 0 Å². The summed E-state index contributed by atoms with van der Waals surface area (Å²) in [7, 11) is 3.47. The number of carbonyl (C=O) groups excluding carboxylic acids is 1. The molecule has 0 aliphatic carbocycles. The molecule has 1 fully saturated rings. The van der Waals surface area contributed by atoms with Gasteiger partial charge < -0.3 is 15.5 Å². The number of guanidine groups is 1. The minimum atomic E-state index is -0.0601. The zero-order valence-corrected chi connectivity index (χ0v) is 14.9. The predicted octanol–water partition coefficient (Wildman–Crippen LogP) is 1.95. The van der Waals surface area contributed by atoms with E-state index in [9.17, 15) is 4.79 Å². The Morgan fingerprint density at radius 1 is 1.48 bits per heavy atom. The third-order valence-electron chi connectivity index (χ3n) is 3.97. The second-order valence-electron chi connectivity index (χ2n) is 5.53. The number of carbonyl (C=O) groups is 1. The fourth-order valence-corrected chi connectivity index (χ4v) is 3.82. The molecule has 2 N–H and O–H groups in total. The molecule has 0 spiro atoms. The van der Waals surface area contributed by atoms with Crippen LogP contribution in [0.3, 0.4) is 0 Å². The van der Waals surface area contributed by atoms with Crippen molar-refractivity contribution in [1.82, 2.24) is 15.5 Å². The smallest absolute Gasteiger partial charge is 0.251 e. The van der Waals surface area contributed by atoms with Gasteiger partial charge in [0.2, 0.25) is 0 Å². The van der Waals surface area contributed by atoms with E-state index in [1.165, 1.54) is 6.42 Å². The van der Waals surface area contributed by atoms with Gasteiger partial charge >= 0.3 is 0 Å². The van der Waals surface area contributed by atoms with E-state index in [2.05, 4.69) is 27.4 Å². The second-order valence-corrected chi connectivity index (χ2v) is 6.94. The molecule has 2 rings (SSSR count). The molecule has 6 heteroatoms. The van der Waals surface area contributed by atoms with Crippen molar-refractivity contribution in [2.45, 2.75) is 25.1 Å². The number of amides is 1. The number of benzene rings is 1. The quantitative estimate of drug-likeness (QED) is 0.653. The van der Waals surface area contributed by atoms with Crippen molar-refractivity contribution in [3.63, 3.8) is 0 Å². The lowest BCUT2D eigenvalue weighted by Crippen LogP contribution is -2.47. The Kier molecular flexibility index (Phi) is 6.77. The van der Waals surface area contributed by atoms with Gasteiger partial charge in [0.05, 0.1) is 0 Å². The third-order valence-corrected chi connectivity index (χ3v) is 5.34. The fourth-order valence-electron chi connectivity index (χ4n) is 2.64. The summed E-state index contributed by atoms with van der Waals surface area (Å²) in [6.07, 6.45) is 1.19. The maximum Gasteiger partial charge on any atom is 0.251 e. The molecule has 0 saturated carbocycles. The van der Waals surface area contributed by atoms with Gasteiger partial charge in [-0.1, -0.05) is 19.1 Å². The zero-order valence-electron chi connectivity index (χ0n) is 14.1. The van der Waals surface area contributed by atoms with E-state index in [1.807, 2.05) is 43.1 Å². The number of nitrogens with zero attached hydrogens (tertiary/aromatic N) is 2. The van der Waals surface area contributed by atoms with Crippen LogP contribution in [0, 0.1) is 0 Å². The SMILES string of the molecule is CCC1CN(C(=NC)NCc2cccc(C(=O)NC)c2)CCS1. The summed E-state index contributed by atoms with van der Waals surface area (Å²) >= 11 is 2.05. The number of thioether (sulfide) groups is 1. The summed E-state index contributed by atoms with van der Waals surface area (Å²) in [5, 5.41) is 6.75. The van der Waals surface area contributed by atoms with Crippen molar-refractivity contribution >= 4 is 23.6 Å². The molecule has 1 unspecified atom stereocenters. The molecular weight excluding hydrogens is 308 g/mol. The van der Waals surface area contributed by atoms with Crippen LogP contribution in [0.1, 0.15) is 29.3 Å². The zero-order chi connectivity index (χ0) is 16.7. The summed E-state index contributed by atoms with van der Waals surface area (Å²) in [6.45, 7) is 4.97. The highest BCUT2D eigenvalue weighted by atomic mass is 32.2. The summed E-state index contributed by atoms with van der Waals surface area (Å²) in [5.74, 6) is 2.02. The molecule has 23 heavy (non-hydrogen) atoms. The molecule has 1 aliphatic heterocycles. The van der Waals surface area contributed by atoms with E-state index in [0.717, 1.165) is 30.4 Å². The minimum Gasteiger partial charge on any atom is -0.355 e. The van der Waals surface area contributed by atoms with Gasteiger partial charge in [-0.05, 0) is 24.1 Å². The van der Waals surface area contributed by atoms with Crippen molar-refractivity contribution in [3.05, 3.63) is 35.4 Å². The first-order chi connectivity index (χ1) is 11.2. The Balaban J connectivity index is 1.97. The van der Waals surface area contributed by atoms with Crippen molar-refractivity contribution in [2.75, 3.05) is 32.9 Å². The lowest BCUT2D eigenvalue weighted by atomic mass is 10.1. The van der Waals surface area contributed by atoms with Crippen LogP contribution < -0.4 is 10.6 Å². The molecule has 1 aromatic carbocycles. The number of rotatable bonds is 4. The largest absolute Gasteiger partial charge is 0.355 e. The summed E-state index contributed by atoms with van der Waals surface area (Å²) in [5.41, 5.74) is 1.76. The highest BCUT2D eigenvalue weighted by molar-refractivity contribution is 8.00. The standard InChI is InChI=1S/C17H26N4OS/c1-4-15-12-21(8-9-23-15)17(19-3)20-11-13-6-5-7-14(10-13)16(22)18-2/h5-7,10,15H,4,8-9,11-12H2,1-3H3,(H,18,22)(H,19,20). The molecule has 0 bridgehead atoms. The van der Waals surface area contributed by atoms with Crippen LogP contribution in [0.25, 0.3) is 0 Å². The number of nitrogens with one attached hydrogen (secondary N) is 2. The first-order valence-electron chi connectivity index (χ1n) is 8.06. The molecule has 0 aromatic heterocycles. The van der Waals surface area contributed by atoms with Gasteiger partial charge in [-0.2, -0.15) is 11.8 Å². The van der Waals surface area contributed by atoms with E-state index >= 15 is 0 Å². The Hall–Kier alpha value is -1.69. The molecular formula is C17H26N4OS. The fraction of sp³-hybridized carbons (Fsp3) is 0.529. The van der Waals surface area contributed by atoms with Crippen molar-refractivity contribution < 1.29 is 4.79 Å². The van der Waals surface area contributed by atoms with Gasteiger partial charge in [-0.25, -0.2) is 0 Å². The van der Waals surface area contributed by atoms with Gasteiger partial charge in [0.1, 0.15) is 0 Å². The van der Waals surface area contributed by atoms with Crippen LogP contribution in [-0.2, 0) is 6.54 Å². The summed E-state index contributed by atoms with van der Waals surface area (Å²) in [4.78, 5) is 18.4.